The third-order valence-corrected chi connectivity index (χ3v) is 3.71. The molecule has 120 valence electrons. The van der Waals surface area contributed by atoms with Gasteiger partial charge >= 0.3 is 0 Å². The van der Waals surface area contributed by atoms with Crippen LogP contribution in [0.25, 0.3) is 6.08 Å². The molecule has 2 aromatic rings. The van der Waals surface area contributed by atoms with Crippen LogP contribution in [-0.4, -0.2) is 5.91 Å². The minimum Gasteiger partial charge on any atom is -0.346 e. The minimum atomic E-state index is -0.0763. The maximum Gasteiger partial charge on any atom is 0.244 e. The average Bonchev–Trinajstić information content (AvgIpc) is 2.54. The molecule has 0 fully saturated rings. The first kappa shape index (κ1) is 17.0. The highest BCUT2D eigenvalue weighted by molar-refractivity contribution is 5.91. The Labute approximate surface area is 139 Å². The van der Waals surface area contributed by atoms with E-state index in [0.29, 0.717) is 5.92 Å². The molecule has 0 aliphatic rings. The summed E-state index contributed by atoms with van der Waals surface area (Å²) in [5.41, 5.74) is 3.48. The number of hydrogen-bond acceptors (Lipinski definition) is 1. The van der Waals surface area contributed by atoms with Crippen LogP contribution >= 0.6 is 0 Å². The number of carbonyl (C=O) groups is 1. The summed E-state index contributed by atoms with van der Waals surface area (Å²) in [6, 6.07) is 18.3. The van der Waals surface area contributed by atoms with Crippen molar-refractivity contribution in [3.05, 3.63) is 77.4 Å². The fourth-order valence-corrected chi connectivity index (χ4v) is 2.49. The van der Waals surface area contributed by atoms with Gasteiger partial charge in [0.15, 0.2) is 0 Å². The molecule has 0 saturated heterocycles. The summed E-state index contributed by atoms with van der Waals surface area (Å²) < 4.78 is 0. The van der Waals surface area contributed by atoms with Crippen LogP contribution in [0, 0.1) is 5.92 Å². The van der Waals surface area contributed by atoms with Crippen LogP contribution in [0.3, 0.4) is 0 Å². The Kier molecular flexibility index (Phi) is 6.16. The topological polar surface area (TPSA) is 29.1 Å². The van der Waals surface area contributed by atoms with E-state index in [4.69, 9.17) is 0 Å². The van der Waals surface area contributed by atoms with Crippen LogP contribution in [0.2, 0.25) is 0 Å². The van der Waals surface area contributed by atoms with Crippen LogP contribution in [0.1, 0.15) is 43.5 Å². The molecule has 2 rings (SSSR count). The van der Waals surface area contributed by atoms with Crippen molar-refractivity contribution < 1.29 is 4.79 Å². The summed E-state index contributed by atoms with van der Waals surface area (Å²) in [4.78, 5) is 12.0. The first-order valence-corrected chi connectivity index (χ1v) is 8.17. The molecule has 0 saturated carbocycles. The lowest BCUT2D eigenvalue weighted by Gasteiger charge is -2.14. The lowest BCUT2D eigenvalue weighted by atomic mass is 10.00. The van der Waals surface area contributed by atoms with E-state index in [1.807, 2.05) is 43.3 Å². The number of nitrogens with one attached hydrogen (secondary N) is 1. The summed E-state index contributed by atoms with van der Waals surface area (Å²) in [5.74, 6) is 0.578. The first-order valence-electron chi connectivity index (χ1n) is 8.17. The zero-order chi connectivity index (χ0) is 16.7. The molecule has 0 spiro atoms. The fraction of sp³-hybridized carbons (Fsp3) is 0.286. The maximum atomic E-state index is 12.0. The van der Waals surface area contributed by atoms with Crippen LogP contribution in [0.4, 0.5) is 0 Å². The molecule has 1 atom stereocenters. The van der Waals surface area contributed by atoms with Gasteiger partial charge in [-0.2, -0.15) is 0 Å². The predicted molar refractivity (Wildman–Crippen MR) is 97.0 cm³/mol. The smallest absolute Gasteiger partial charge is 0.244 e. The summed E-state index contributed by atoms with van der Waals surface area (Å²) in [5, 5.41) is 3.00. The van der Waals surface area contributed by atoms with Gasteiger partial charge in [0.05, 0.1) is 6.04 Å². The van der Waals surface area contributed by atoms with Crippen molar-refractivity contribution in [2.24, 2.45) is 5.92 Å². The van der Waals surface area contributed by atoms with Gasteiger partial charge in [-0.3, -0.25) is 4.79 Å². The molecule has 2 heteroatoms. The zero-order valence-electron chi connectivity index (χ0n) is 14.1. The largest absolute Gasteiger partial charge is 0.346 e. The van der Waals surface area contributed by atoms with E-state index >= 15 is 0 Å². The fourth-order valence-electron chi connectivity index (χ4n) is 2.49. The molecular weight excluding hydrogens is 282 g/mol. The molecule has 23 heavy (non-hydrogen) atoms. The number of benzene rings is 2. The number of amides is 1. The van der Waals surface area contributed by atoms with Crippen molar-refractivity contribution in [3.8, 4) is 0 Å². The molecular formula is C21H25NO. The molecule has 0 aliphatic heterocycles. The Hall–Kier alpha value is -2.35. The monoisotopic (exact) mass is 307 g/mol. The van der Waals surface area contributed by atoms with Gasteiger partial charge in [0.2, 0.25) is 5.91 Å². The number of carbonyl (C=O) groups excluding carboxylic acids is 1. The van der Waals surface area contributed by atoms with Gasteiger partial charge in [-0.1, -0.05) is 68.4 Å². The molecule has 0 radical (unpaired) electrons. The summed E-state index contributed by atoms with van der Waals surface area (Å²) in [7, 11) is 0. The molecule has 0 aromatic heterocycles. The van der Waals surface area contributed by atoms with E-state index < -0.39 is 0 Å². The van der Waals surface area contributed by atoms with Crippen molar-refractivity contribution in [3.63, 3.8) is 0 Å². The third-order valence-electron chi connectivity index (χ3n) is 3.71. The molecule has 0 unspecified atom stereocenters. The Morgan fingerprint density at radius 2 is 1.65 bits per heavy atom. The highest BCUT2D eigenvalue weighted by Crippen LogP contribution is 2.15. The second-order valence-electron chi connectivity index (χ2n) is 6.31. The number of hydrogen-bond donors (Lipinski definition) is 1. The summed E-state index contributed by atoms with van der Waals surface area (Å²) in [6.45, 7) is 6.44. The van der Waals surface area contributed by atoms with Gasteiger partial charge in [0, 0.05) is 6.08 Å². The molecule has 0 bridgehead atoms. The van der Waals surface area contributed by atoms with Crippen molar-refractivity contribution in [2.75, 3.05) is 0 Å². The molecule has 2 aromatic carbocycles. The molecule has 2 nitrogen and oxygen atoms in total. The molecule has 0 aliphatic carbocycles. The second kappa shape index (κ2) is 8.33. The number of rotatable bonds is 6. The summed E-state index contributed by atoms with van der Waals surface area (Å²) in [6.07, 6.45) is 4.49. The Balaban J connectivity index is 1.91. The van der Waals surface area contributed by atoms with Crippen LogP contribution in [-0.2, 0) is 11.2 Å². The van der Waals surface area contributed by atoms with E-state index in [-0.39, 0.29) is 11.9 Å². The van der Waals surface area contributed by atoms with Crippen molar-refractivity contribution in [1.82, 2.24) is 5.32 Å². The van der Waals surface area contributed by atoms with E-state index in [9.17, 15) is 4.79 Å². The van der Waals surface area contributed by atoms with Gasteiger partial charge in [-0.15, -0.1) is 0 Å². The van der Waals surface area contributed by atoms with E-state index in [2.05, 4.69) is 43.4 Å². The van der Waals surface area contributed by atoms with Crippen LogP contribution in [0.15, 0.2) is 60.7 Å². The SMILES string of the molecule is CC(C)Cc1ccc([C@H](C)NC(=O)/C=C/c2ccccc2)cc1. The lowest BCUT2D eigenvalue weighted by Crippen LogP contribution is -2.24. The second-order valence-corrected chi connectivity index (χ2v) is 6.31. The minimum absolute atomic E-state index is 0.00368. The van der Waals surface area contributed by atoms with Gasteiger partial charge < -0.3 is 5.32 Å². The quantitative estimate of drug-likeness (QED) is 0.765. The molecule has 1 amide bonds. The van der Waals surface area contributed by atoms with Gasteiger partial charge in [0.1, 0.15) is 0 Å². The van der Waals surface area contributed by atoms with E-state index in [1.165, 1.54) is 5.56 Å². The lowest BCUT2D eigenvalue weighted by molar-refractivity contribution is -0.117. The highest BCUT2D eigenvalue weighted by Gasteiger charge is 2.07. The van der Waals surface area contributed by atoms with Crippen LogP contribution in [0.5, 0.6) is 0 Å². The van der Waals surface area contributed by atoms with Crippen molar-refractivity contribution in [2.45, 2.75) is 33.2 Å². The van der Waals surface area contributed by atoms with E-state index in [0.717, 1.165) is 17.5 Å². The Morgan fingerprint density at radius 1 is 1.00 bits per heavy atom. The Morgan fingerprint density at radius 3 is 2.26 bits per heavy atom. The Bertz CT molecular complexity index is 641. The highest BCUT2D eigenvalue weighted by atomic mass is 16.1. The van der Waals surface area contributed by atoms with E-state index in [1.54, 1.807) is 6.08 Å². The average molecular weight is 307 g/mol. The first-order chi connectivity index (χ1) is 11.0. The normalized spacial score (nSPS) is 12.5. The standard InChI is InChI=1S/C21H25NO/c1-16(2)15-19-9-12-20(13-10-19)17(3)22-21(23)14-11-18-7-5-4-6-8-18/h4-14,16-17H,15H2,1-3H3,(H,22,23)/b14-11+/t17-/m0/s1. The van der Waals surface area contributed by atoms with Crippen molar-refractivity contribution in [1.29, 1.82) is 0 Å². The van der Waals surface area contributed by atoms with Gasteiger partial charge in [-0.05, 0) is 42.0 Å². The molecule has 1 N–H and O–H groups in total. The zero-order valence-corrected chi connectivity index (χ0v) is 14.1. The van der Waals surface area contributed by atoms with Gasteiger partial charge in [0.25, 0.3) is 0 Å². The third kappa shape index (κ3) is 5.74. The van der Waals surface area contributed by atoms with Gasteiger partial charge in [-0.25, -0.2) is 0 Å². The summed E-state index contributed by atoms with van der Waals surface area (Å²) >= 11 is 0. The molecule has 0 heterocycles. The van der Waals surface area contributed by atoms with Crippen molar-refractivity contribution >= 4 is 12.0 Å². The van der Waals surface area contributed by atoms with Crippen LogP contribution < -0.4 is 5.32 Å². The maximum absolute atomic E-state index is 12.0. The predicted octanol–water partition coefficient (Wildman–Crippen LogP) is 4.78.